The van der Waals surface area contributed by atoms with E-state index < -0.39 is 6.15 Å². The summed E-state index contributed by atoms with van der Waals surface area (Å²) in [5, 5.41) is 0. The van der Waals surface area contributed by atoms with Gasteiger partial charge in [-0.15, -0.1) is 0 Å². The van der Waals surface area contributed by atoms with Crippen molar-refractivity contribution >= 4 is 35.4 Å². The molecule has 210 valence electrons. The Balaban J connectivity index is 0.000000195. The van der Waals surface area contributed by atoms with Crippen molar-refractivity contribution in [2.45, 2.75) is 52.3 Å². The molecule has 0 aliphatic heterocycles. The van der Waals surface area contributed by atoms with Gasteiger partial charge in [0, 0.05) is 0 Å². The van der Waals surface area contributed by atoms with Crippen molar-refractivity contribution in [1.29, 1.82) is 0 Å². The largest absolute Gasteiger partial charge is 0.291 e. The van der Waals surface area contributed by atoms with Crippen LogP contribution >= 0.6 is 0 Å². The Labute approximate surface area is 253 Å². The van der Waals surface area contributed by atoms with Crippen LogP contribution in [0.5, 0.6) is 5.75 Å². The summed E-state index contributed by atoms with van der Waals surface area (Å²) in [4.78, 5) is 0. The van der Waals surface area contributed by atoms with Crippen molar-refractivity contribution in [3.8, 4) is 16.9 Å². The predicted octanol–water partition coefficient (Wildman–Crippen LogP) is 7.96. The topological polar surface area (TPSA) is 9.23 Å². The van der Waals surface area contributed by atoms with Crippen molar-refractivity contribution in [3.63, 3.8) is 0 Å². The maximum absolute atomic E-state index is 4.97. The molecule has 0 unspecified atom stereocenters. The van der Waals surface area contributed by atoms with E-state index in [-0.39, 0.29) is 0 Å². The first-order chi connectivity index (χ1) is 20.2. The number of rotatable bonds is 11. The van der Waals surface area contributed by atoms with Crippen LogP contribution in [-0.4, -0.2) is 6.15 Å². The van der Waals surface area contributed by atoms with E-state index in [9.17, 15) is 0 Å². The third kappa shape index (κ3) is 7.96. The van der Waals surface area contributed by atoms with Crippen LogP contribution in [0.4, 0.5) is 0 Å². The molecule has 0 aliphatic carbocycles. The lowest BCUT2D eigenvalue weighted by Gasteiger charge is -2.43. The Morgan fingerprint density at radius 1 is 0.512 bits per heavy atom. The molecule has 1 nitrogen and oxygen atoms in total. The van der Waals surface area contributed by atoms with Crippen LogP contribution < -0.4 is 20.6 Å². The quantitative estimate of drug-likeness (QED) is 0.118. The van der Waals surface area contributed by atoms with Crippen molar-refractivity contribution in [2.75, 3.05) is 0 Å². The van der Waals surface area contributed by atoms with Gasteiger partial charge in [-0.2, -0.15) is 22.7 Å². The van der Waals surface area contributed by atoms with Gasteiger partial charge in [0.1, 0.15) is 0 Å². The molecule has 0 aromatic heterocycles. The molecule has 5 aromatic rings. The van der Waals surface area contributed by atoms with E-state index in [0.29, 0.717) is 0 Å². The van der Waals surface area contributed by atoms with E-state index in [4.69, 9.17) is 4.18 Å². The molecule has 0 heterocycles. The molecule has 5 rings (SSSR count). The Kier molecular flexibility index (Phi) is 11.8. The van der Waals surface area contributed by atoms with E-state index >= 15 is 0 Å². The van der Waals surface area contributed by atoms with Crippen molar-refractivity contribution < 1.29 is 4.18 Å². The second kappa shape index (κ2) is 15.9. The van der Waals surface area contributed by atoms with Gasteiger partial charge in [0.15, 0.2) is 18.7 Å². The molecule has 0 saturated heterocycles. The van der Waals surface area contributed by atoms with Gasteiger partial charge in [0.25, 0.3) is 0 Å². The van der Waals surface area contributed by atoms with Crippen molar-refractivity contribution in [3.05, 3.63) is 145 Å². The van der Waals surface area contributed by atoms with E-state index in [0.717, 1.165) is 5.75 Å². The molecule has 0 bridgehead atoms. The minimum absolute atomic E-state index is 0.815. The van der Waals surface area contributed by atoms with Crippen LogP contribution in [0.1, 0.15) is 45.1 Å². The highest BCUT2D eigenvalue weighted by molar-refractivity contribution is 7.53. The number of unbranched alkanes of at least 4 members (excludes halogenated alkanes) is 2. The third-order valence-electron chi connectivity index (χ3n) is 8.17. The summed E-state index contributed by atoms with van der Waals surface area (Å²) in [5.74, 6) is 0.815. The molecule has 0 aliphatic rings. The molecule has 0 N–H and O–H groups in total. The number of benzene rings is 5. The van der Waals surface area contributed by atoms with Crippen LogP contribution in [0.25, 0.3) is 11.1 Å². The molecule has 5 aromatic carbocycles. The standard InChI is InChI=1S/C22H24B.C16H18OS/c1-2-3-19-23(20-13-7-4-8-14-20,21-15-9-5-10-16-21)22-17-11-6-12-18-22;1-2-3-4-13-5-7-14(8-6-13)15-9-11-16(17-18)12-10-15/h4-18H,2-3,19H2,1H3;5-12,18H,2-4H2,1H3/q-1;/p+1. The van der Waals surface area contributed by atoms with Gasteiger partial charge in [-0.3, -0.25) is 4.18 Å². The molecule has 0 saturated carbocycles. The molecule has 0 amide bonds. The van der Waals surface area contributed by atoms with Crippen LogP contribution in [0.2, 0.25) is 6.32 Å². The maximum atomic E-state index is 4.97. The summed E-state index contributed by atoms with van der Waals surface area (Å²) in [6.07, 6.45) is 6.41. The average molecular weight is 559 g/mol. The molecular formula is C38H43BOS. The normalized spacial score (nSPS) is 10.9. The maximum Gasteiger partial charge on any atom is 0.187 e. The minimum atomic E-state index is -0.913. The molecule has 41 heavy (non-hydrogen) atoms. The molecule has 0 fully saturated rings. The van der Waals surface area contributed by atoms with E-state index in [1.807, 2.05) is 12.1 Å². The van der Waals surface area contributed by atoms with Gasteiger partial charge in [-0.05, 0) is 41.7 Å². The first kappa shape index (κ1) is 30.3. The second-order valence-corrected chi connectivity index (χ2v) is 11.1. The average Bonchev–Trinajstić information content (AvgIpc) is 3.06. The molecule has 0 radical (unpaired) electrons. The fourth-order valence-corrected chi connectivity index (χ4v) is 6.03. The first-order valence-corrected chi connectivity index (χ1v) is 15.5. The Bertz CT molecular complexity index is 1310. The summed E-state index contributed by atoms with van der Waals surface area (Å²) in [6.45, 7) is 4.50. The molecular weight excluding hydrogens is 515 g/mol. The van der Waals surface area contributed by atoms with Gasteiger partial charge in [-0.1, -0.05) is 161 Å². The zero-order chi connectivity index (χ0) is 28.8. The number of hydrogen-bond donors (Lipinski definition) is 0. The van der Waals surface area contributed by atoms with Crippen LogP contribution in [0, 0.1) is 0 Å². The fraction of sp³-hybridized carbons (Fsp3) is 0.211. The Hall–Kier alpha value is -3.69. The monoisotopic (exact) mass is 558 g/mol. The van der Waals surface area contributed by atoms with Gasteiger partial charge in [-0.25, -0.2) is 0 Å². The fourth-order valence-electron chi connectivity index (χ4n) is 5.89. The Morgan fingerprint density at radius 3 is 1.32 bits per heavy atom. The van der Waals surface area contributed by atoms with E-state index in [1.54, 1.807) is 0 Å². The van der Waals surface area contributed by atoms with Crippen molar-refractivity contribution in [2.24, 2.45) is 0 Å². The molecule has 0 atom stereocenters. The SMILES string of the molecule is CCCC[B-](c1ccccc1)(c1ccccc1)c1ccccc1.CCCCc1ccc(-c2ccc(O[SH2+])cc2)cc1. The van der Waals surface area contributed by atoms with E-state index in [1.165, 1.54) is 71.5 Å². The summed E-state index contributed by atoms with van der Waals surface area (Å²) < 4.78 is 4.97. The zero-order valence-corrected chi connectivity index (χ0v) is 25.5. The first-order valence-electron chi connectivity index (χ1n) is 15.1. The second-order valence-electron chi connectivity index (χ2n) is 10.8. The molecule has 0 spiro atoms. The van der Waals surface area contributed by atoms with Gasteiger partial charge in [0.05, 0.1) is 6.15 Å². The van der Waals surface area contributed by atoms with Crippen molar-refractivity contribution in [1.82, 2.24) is 0 Å². The highest BCUT2D eigenvalue weighted by atomic mass is 32.1. The minimum Gasteiger partial charge on any atom is -0.291 e. The van der Waals surface area contributed by atoms with Gasteiger partial charge >= 0.3 is 0 Å². The van der Waals surface area contributed by atoms with E-state index in [2.05, 4.69) is 154 Å². The number of hydrogen-bond acceptors (Lipinski definition) is 1. The third-order valence-corrected chi connectivity index (χ3v) is 8.41. The predicted molar refractivity (Wildman–Crippen MR) is 185 cm³/mol. The van der Waals surface area contributed by atoms with Gasteiger partial charge in [0.2, 0.25) is 0 Å². The highest BCUT2D eigenvalue weighted by Crippen LogP contribution is 2.23. The smallest absolute Gasteiger partial charge is 0.187 e. The summed E-state index contributed by atoms with van der Waals surface area (Å²) >= 11 is 3.02. The summed E-state index contributed by atoms with van der Waals surface area (Å²) in [5.41, 5.74) is 8.20. The summed E-state index contributed by atoms with van der Waals surface area (Å²) in [7, 11) is 0. The molecule has 3 heteroatoms. The lowest BCUT2D eigenvalue weighted by atomic mass is 9.14. The van der Waals surface area contributed by atoms with Crippen LogP contribution in [-0.2, 0) is 19.3 Å². The lowest BCUT2D eigenvalue weighted by Crippen LogP contribution is -2.66. The van der Waals surface area contributed by atoms with Crippen LogP contribution in [0.15, 0.2) is 140 Å². The Morgan fingerprint density at radius 2 is 0.927 bits per heavy atom. The van der Waals surface area contributed by atoms with Crippen LogP contribution in [0.3, 0.4) is 0 Å². The number of aryl methyl sites for hydroxylation is 1. The lowest BCUT2D eigenvalue weighted by molar-refractivity contribution is 0.655. The zero-order valence-electron chi connectivity index (χ0n) is 24.5. The highest BCUT2D eigenvalue weighted by Gasteiger charge is 2.28. The van der Waals surface area contributed by atoms with Gasteiger partial charge < -0.3 is 0 Å². The summed E-state index contributed by atoms with van der Waals surface area (Å²) in [6, 6.07) is 50.0.